The smallest absolute Gasteiger partial charge is 0.284 e. The molecule has 5 rings (SSSR count). The van der Waals surface area contributed by atoms with Crippen LogP contribution in [0.3, 0.4) is 0 Å². The maximum absolute atomic E-state index is 13.7. The molecule has 2 aromatic carbocycles. The monoisotopic (exact) mass is 469 g/mol. The predicted octanol–water partition coefficient (Wildman–Crippen LogP) is 4.55. The number of phenolic OH excluding ortho intramolecular Hbond substituents is 1. The largest absolute Gasteiger partial charge is 0.508 e. The summed E-state index contributed by atoms with van der Waals surface area (Å²) in [4.78, 5) is 19.5. The van der Waals surface area contributed by atoms with Gasteiger partial charge in [-0.2, -0.15) is 5.10 Å². The molecule has 1 aliphatic heterocycles. The van der Waals surface area contributed by atoms with Crippen molar-refractivity contribution in [3.05, 3.63) is 101 Å². The third kappa shape index (κ3) is 4.05. The molecule has 7 nitrogen and oxygen atoms in total. The van der Waals surface area contributed by atoms with Crippen molar-refractivity contribution >= 4 is 28.8 Å². The number of nitrogens with zero attached hydrogens (tertiary/aromatic N) is 3. The fourth-order valence-corrected chi connectivity index (χ4v) is 5.12. The van der Waals surface area contributed by atoms with E-state index in [-0.39, 0.29) is 11.7 Å². The second-order valence-electron chi connectivity index (χ2n) is 7.95. The van der Waals surface area contributed by atoms with Crippen LogP contribution in [0.25, 0.3) is 10.4 Å². The standard InChI is InChI=1S/C26H23N5O2S/c27-15-16-6-1-2-7-17(16)23-12-13-24(34-23)26(33)31-21(18-8-3-4-10-22(18)32)14-20(30-31)19-9-5-11-25(28)29-19/h1-13,21,32H,14-15,27H2,(H2,28,29). The molecule has 5 N–H and O–H groups in total. The van der Waals surface area contributed by atoms with Crippen LogP contribution in [0.15, 0.2) is 84.0 Å². The molecule has 0 fully saturated rings. The van der Waals surface area contributed by atoms with Crippen LogP contribution in [0.2, 0.25) is 0 Å². The number of phenols is 1. The number of hydrogen-bond donors (Lipinski definition) is 3. The van der Waals surface area contributed by atoms with Gasteiger partial charge in [0.15, 0.2) is 0 Å². The lowest BCUT2D eigenvalue weighted by molar-refractivity contribution is 0.0714. The molecule has 0 radical (unpaired) electrons. The van der Waals surface area contributed by atoms with Gasteiger partial charge in [0.1, 0.15) is 11.6 Å². The van der Waals surface area contributed by atoms with Gasteiger partial charge in [0.25, 0.3) is 5.91 Å². The van der Waals surface area contributed by atoms with E-state index in [1.807, 2.05) is 54.6 Å². The zero-order valence-corrected chi connectivity index (χ0v) is 19.1. The molecular formula is C26H23N5O2S. The molecule has 1 amide bonds. The van der Waals surface area contributed by atoms with Crippen molar-refractivity contribution in [1.82, 2.24) is 9.99 Å². The number of amides is 1. The SMILES string of the molecule is NCc1ccccc1-c1ccc(C(=O)N2N=C(c3cccc(N)n3)CC2c2ccccc2O)s1. The highest BCUT2D eigenvalue weighted by Gasteiger charge is 2.36. The minimum atomic E-state index is -0.464. The van der Waals surface area contributed by atoms with E-state index < -0.39 is 6.04 Å². The Hall–Kier alpha value is -4.01. The van der Waals surface area contributed by atoms with E-state index in [0.717, 1.165) is 16.0 Å². The summed E-state index contributed by atoms with van der Waals surface area (Å²) in [6, 6.07) is 23.5. The number of hydrogen-bond acceptors (Lipinski definition) is 7. The summed E-state index contributed by atoms with van der Waals surface area (Å²) >= 11 is 1.40. The summed E-state index contributed by atoms with van der Waals surface area (Å²) in [7, 11) is 0. The number of anilines is 1. The van der Waals surface area contributed by atoms with Crippen LogP contribution in [-0.4, -0.2) is 26.7 Å². The van der Waals surface area contributed by atoms with Gasteiger partial charge in [0, 0.05) is 23.4 Å². The van der Waals surface area contributed by atoms with Crippen LogP contribution in [0, 0.1) is 0 Å². The topological polar surface area (TPSA) is 118 Å². The first-order valence-electron chi connectivity index (χ1n) is 10.8. The zero-order valence-electron chi connectivity index (χ0n) is 18.3. The van der Waals surface area contributed by atoms with Gasteiger partial charge < -0.3 is 16.6 Å². The summed E-state index contributed by atoms with van der Waals surface area (Å²) in [5.74, 6) is 0.255. The Kier molecular flexibility index (Phi) is 5.83. The fraction of sp³-hybridized carbons (Fsp3) is 0.115. The number of carbonyl (C=O) groups is 1. The third-order valence-electron chi connectivity index (χ3n) is 5.80. The van der Waals surface area contributed by atoms with Gasteiger partial charge in [-0.05, 0) is 41.5 Å². The minimum absolute atomic E-state index is 0.117. The first-order chi connectivity index (χ1) is 16.5. The Morgan fingerprint density at radius 2 is 1.82 bits per heavy atom. The highest BCUT2D eigenvalue weighted by atomic mass is 32.1. The van der Waals surface area contributed by atoms with E-state index in [0.29, 0.717) is 40.6 Å². The molecule has 170 valence electrons. The van der Waals surface area contributed by atoms with Gasteiger partial charge in [0.05, 0.1) is 22.3 Å². The van der Waals surface area contributed by atoms with Crippen molar-refractivity contribution in [2.75, 3.05) is 5.73 Å². The number of pyridine rings is 1. The summed E-state index contributed by atoms with van der Waals surface area (Å²) in [5, 5.41) is 16.6. The molecule has 1 atom stereocenters. The molecule has 4 aromatic rings. The highest BCUT2D eigenvalue weighted by molar-refractivity contribution is 7.17. The van der Waals surface area contributed by atoms with Crippen LogP contribution >= 0.6 is 11.3 Å². The molecule has 0 saturated carbocycles. The second kappa shape index (κ2) is 9.09. The van der Waals surface area contributed by atoms with Crippen molar-refractivity contribution in [2.45, 2.75) is 19.0 Å². The van der Waals surface area contributed by atoms with Crippen molar-refractivity contribution in [1.29, 1.82) is 0 Å². The molecule has 2 aromatic heterocycles. The number of aromatic hydroxyl groups is 1. The number of rotatable bonds is 5. The van der Waals surface area contributed by atoms with Crippen LogP contribution < -0.4 is 11.5 Å². The van der Waals surface area contributed by atoms with Crippen molar-refractivity contribution in [2.24, 2.45) is 10.8 Å². The summed E-state index contributed by atoms with van der Waals surface area (Å²) in [6.07, 6.45) is 0.411. The van der Waals surface area contributed by atoms with Gasteiger partial charge in [-0.3, -0.25) is 4.79 Å². The lowest BCUT2D eigenvalue weighted by Crippen LogP contribution is -2.26. The van der Waals surface area contributed by atoms with E-state index in [4.69, 9.17) is 11.5 Å². The Balaban J connectivity index is 1.53. The molecule has 1 aliphatic rings. The molecule has 8 heteroatoms. The molecular weight excluding hydrogens is 446 g/mol. The lowest BCUT2D eigenvalue weighted by Gasteiger charge is -2.22. The summed E-state index contributed by atoms with van der Waals surface area (Å²) < 4.78 is 0. The highest BCUT2D eigenvalue weighted by Crippen LogP contribution is 2.39. The molecule has 0 aliphatic carbocycles. The van der Waals surface area contributed by atoms with Gasteiger partial charge >= 0.3 is 0 Å². The van der Waals surface area contributed by atoms with Crippen LogP contribution in [0.4, 0.5) is 5.82 Å². The van der Waals surface area contributed by atoms with E-state index >= 15 is 0 Å². The molecule has 0 saturated heterocycles. The Morgan fingerprint density at radius 1 is 1.03 bits per heavy atom. The van der Waals surface area contributed by atoms with Crippen LogP contribution in [0.1, 0.15) is 39.0 Å². The van der Waals surface area contributed by atoms with Crippen molar-refractivity contribution in [3.63, 3.8) is 0 Å². The number of nitrogens with two attached hydrogens (primary N) is 2. The number of carbonyl (C=O) groups excluding carboxylic acids is 1. The fourth-order valence-electron chi connectivity index (χ4n) is 4.13. The van der Waals surface area contributed by atoms with Crippen molar-refractivity contribution in [3.8, 4) is 16.2 Å². The van der Waals surface area contributed by atoms with Gasteiger partial charge in [-0.15, -0.1) is 11.3 Å². The van der Waals surface area contributed by atoms with Gasteiger partial charge in [-0.1, -0.05) is 48.5 Å². The second-order valence-corrected chi connectivity index (χ2v) is 9.03. The maximum Gasteiger partial charge on any atom is 0.284 e. The van der Waals surface area contributed by atoms with E-state index in [2.05, 4.69) is 10.1 Å². The first-order valence-corrected chi connectivity index (χ1v) is 11.7. The average molecular weight is 470 g/mol. The normalized spacial score (nSPS) is 15.4. The van der Waals surface area contributed by atoms with Crippen LogP contribution in [0.5, 0.6) is 5.75 Å². The molecule has 34 heavy (non-hydrogen) atoms. The molecule has 3 heterocycles. The Morgan fingerprint density at radius 3 is 2.62 bits per heavy atom. The number of aromatic nitrogens is 1. The van der Waals surface area contributed by atoms with Gasteiger partial charge in [0.2, 0.25) is 0 Å². The van der Waals surface area contributed by atoms with E-state index in [1.54, 1.807) is 24.3 Å². The third-order valence-corrected chi connectivity index (χ3v) is 6.91. The number of benzene rings is 2. The first kappa shape index (κ1) is 21.8. The Bertz CT molecular complexity index is 1400. The summed E-state index contributed by atoms with van der Waals surface area (Å²) in [5.41, 5.74) is 15.7. The lowest BCUT2D eigenvalue weighted by atomic mass is 9.99. The Labute approximate surface area is 201 Å². The number of thiophene rings is 1. The molecule has 1 unspecified atom stereocenters. The quantitative estimate of drug-likeness (QED) is 0.396. The van der Waals surface area contributed by atoms with Gasteiger partial charge in [-0.25, -0.2) is 9.99 Å². The average Bonchev–Trinajstić information content (AvgIpc) is 3.52. The predicted molar refractivity (Wildman–Crippen MR) is 134 cm³/mol. The zero-order chi connectivity index (χ0) is 23.7. The summed E-state index contributed by atoms with van der Waals surface area (Å²) in [6.45, 7) is 0.416. The van der Waals surface area contributed by atoms with E-state index in [1.165, 1.54) is 16.3 Å². The molecule has 0 bridgehead atoms. The molecule has 0 spiro atoms. The number of hydrazone groups is 1. The maximum atomic E-state index is 13.7. The number of para-hydroxylation sites is 1. The minimum Gasteiger partial charge on any atom is -0.508 e. The van der Waals surface area contributed by atoms with Crippen molar-refractivity contribution < 1.29 is 9.90 Å². The van der Waals surface area contributed by atoms with E-state index in [9.17, 15) is 9.90 Å². The number of nitrogen functional groups attached to an aromatic ring is 1. The van der Waals surface area contributed by atoms with Crippen LogP contribution in [-0.2, 0) is 6.54 Å².